The van der Waals surface area contributed by atoms with Crippen molar-refractivity contribution >= 4 is 21.6 Å². The van der Waals surface area contributed by atoms with Crippen LogP contribution in [-0.4, -0.2) is 31.8 Å². The monoisotopic (exact) mass is 269 g/mol. The normalized spacial score (nSPS) is 26.3. The van der Waals surface area contributed by atoms with Crippen molar-refractivity contribution in [3.8, 4) is 0 Å². The van der Waals surface area contributed by atoms with Gasteiger partial charge in [-0.2, -0.15) is 0 Å². The Morgan fingerprint density at radius 2 is 2.06 bits per heavy atom. The summed E-state index contributed by atoms with van der Waals surface area (Å²) in [4.78, 5) is 0.503. The van der Waals surface area contributed by atoms with Gasteiger partial charge in [-0.25, -0.2) is 8.42 Å². The largest absolute Gasteiger partial charge is 0.315 e. The predicted octanol–water partition coefficient (Wildman–Crippen LogP) is 1.43. The quantitative estimate of drug-likeness (QED) is 0.882. The second kappa shape index (κ2) is 3.73. The molecule has 0 aromatic heterocycles. The summed E-state index contributed by atoms with van der Waals surface area (Å²) >= 11 is 1.57. The lowest BCUT2D eigenvalue weighted by Crippen LogP contribution is -2.67. The van der Waals surface area contributed by atoms with Gasteiger partial charge in [0.1, 0.15) is 4.58 Å². The molecule has 92 valence electrons. The van der Waals surface area contributed by atoms with Gasteiger partial charge in [-0.15, -0.1) is 11.8 Å². The van der Waals surface area contributed by atoms with E-state index in [1.165, 1.54) is 0 Å². The zero-order valence-electron chi connectivity index (χ0n) is 9.64. The Morgan fingerprint density at radius 1 is 1.35 bits per heavy atom. The first-order chi connectivity index (χ1) is 8.06. The Hall–Kier alpha value is -0.520. The Morgan fingerprint density at radius 3 is 2.53 bits per heavy atom. The molecule has 2 fully saturated rings. The van der Waals surface area contributed by atoms with Gasteiger partial charge in [0.2, 0.25) is 0 Å². The number of aryl methyl sites for hydroxylation is 1. The number of thioether (sulfide) groups is 1. The van der Waals surface area contributed by atoms with Gasteiger partial charge in [-0.3, -0.25) is 0 Å². The lowest BCUT2D eigenvalue weighted by Gasteiger charge is -2.54. The maximum Gasteiger partial charge on any atom is 0.191 e. The molecule has 5 heteroatoms. The van der Waals surface area contributed by atoms with Gasteiger partial charge in [-0.1, -0.05) is 18.2 Å². The average molecular weight is 269 g/mol. The van der Waals surface area contributed by atoms with E-state index >= 15 is 0 Å². The second-order valence-electron chi connectivity index (χ2n) is 4.92. The molecule has 1 aromatic carbocycles. The van der Waals surface area contributed by atoms with Crippen molar-refractivity contribution in [1.82, 2.24) is 5.32 Å². The molecule has 1 spiro atoms. The molecule has 1 N–H and O–H groups in total. The van der Waals surface area contributed by atoms with Gasteiger partial charge < -0.3 is 5.32 Å². The van der Waals surface area contributed by atoms with E-state index in [2.05, 4.69) is 5.32 Å². The fraction of sp³-hybridized carbons (Fsp3) is 0.500. The molecule has 0 bridgehead atoms. The van der Waals surface area contributed by atoms with Crippen LogP contribution in [0.2, 0.25) is 0 Å². The van der Waals surface area contributed by atoms with Crippen LogP contribution >= 0.6 is 11.8 Å². The molecule has 1 unspecified atom stereocenters. The molecule has 17 heavy (non-hydrogen) atoms. The molecule has 2 saturated heterocycles. The lowest BCUT2D eigenvalue weighted by molar-refractivity contribution is 0.205. The molecule has 2 heterocycles. The zero-order chi connectivity index (χ0) is 12.1. The van der Waals surface area contributed by atoms with Crippen molar-refractivity contribution < 1.29 is 8.42 Å². The standard InChI is InChI=1S/C12H15NO2S2/c1-9-4-2-3-5-10(9)17(14,15)11-12(8-16-11)6-13-7-12/h2-5,11,13H,6-8H2,1H3. The predicted molar refractivity (Wildman–Crippen MR) is 69.9 cm³/mol. The number of benzene rings is 1. The summed E-state index contributed by atoms with van der Waals surface area (Å²) < 4.78 is 24.9. The zero-order valence-corrected chi connectivity index (χ0v) is 11.3. The van der Waals surface area contributed by atoms with Crippen molar-refractivity contribution in [2.24, 2.45) is 5.41 Å². The van der Waals surface area contributed by atoms with Gasteiger partial charge in [0, 0.05) is 24.3 Å². The lowest BCUT2D eigenvalue weighted by atomic mass is 9.85. The molecule has 0 radical (unpaired) electrons. The molecule has 0 amide bonds. The van der Waals surface area contributed by atoms with E-state index in [9.17, 15) is 8.42 Å². The van der Waals surface area contributed by atoms with Crippen molar-refractivity contribution in [3.05, 3.63) is 29.8 Å². The molecule has 2 aliphatic heterocycles. The maximum absolute atomic E-state index is 12.6. The molecule has 3 nitrogen and oxygen atoms in total. The average Bonchev–Trinajstić information content (AvgIpc) is 2.13. The van der Waals surface area contributed by atoms with E-state index in [0.717, 1.165) is 24.4 Å². The molecule has 1 atom stereocenters. The smallest absolute Gasteiger partial charge is 0.191 e. The number of hydrogen-bond acceptors (Lipinski definition) is 4. The second-order valence-corrected chi connectivity index (χ2v) is 8.31. The fourth-order valence-corrected chi connectivity index (χ4v) is 6.93. The topological polar surface area (TPSA) is 46.2 Å². The Kier molecular flexibility index (Phi) is 2.54. The van der Waals surface area contributed by atoms with Crippen LogP contribution in [-0.2, 0) is 9.84 Å². The highest BCUT2D eigenvalue weighted by molar-refractivity contribution is 8.14. The maximum atomic E-state index is 12.6. The van der Waals surface area contributed by atoms with Gasteiger partial charge in [0.05, 0.1) is 4.90 Å². The highest BCUT2D eigenvalue weighted by atomic mass is 32.3. The number of sulfone groups is 1. The molecule has 2 aliphatic rings. The number of nitrogens with one attached hydrogen (secondary N) is 1. The summed E-state index contributed by atoms with van der Waals surface area (Å²) in [5, 5.41) is 3.19. The number of rotatable bonds is 2. The summed E-state index contributed by atoms with van der Waals surface area (Å²) in [7, 11) is -3.18. The summed E-state index contributed by atoms with van der Waals surface area (Å²) in [6.07, 6.45) is 0. The first-order valence-corrected chi connectivity index (χ1v) is 8.28. The minimum Gasteiger partial charge on any atom is -0.315 e. The molecule has 1 aromatic rings. The van der Waals surface area contributed by atoms with Crippen molar-refractivity contribution in [3.63, 3.8) is 0 Å². The van der Waals surface area contributed by atoms with Crippen LogP contribution in [0, 0.1) is 12.3 Å². The third-order valence-corrected chi connectivity index (χ3v) is 8.51. The van der Waals surface area contributed by atoms with Crippen LogP contribution in [0.25, 0.3) is 0 Å². The third-order valence-electron chi connectivity index (χ3n) is 3.66. The van der Waals surface area contributed by atoms with Crippen LogP contribution in [0.15, 0.2) is 29.2 Å². The SMILES string of the molecule is Cc1ccccc1S(=O)(=O)C1SCC12CNC2. The molecule has 0 aliphatic carbocycles. The molecule has 3 rings (SSSR count). The van der Waals surface area contributed by atoms with Crippen LogP contribution in [0.3, 0.4) is 0 Å². The molecular weight excluding hydrogens is 254 g/mol. The van der Waals surface area contributed by atoms with E-state index in [-0.39, 0.29) is 10.00 Å². The van der Waals surface area contributed by atoms with Crippen LogP contribution in [0.1, 0.15) is 5.56 Å². The van der Waals surface area contributed by atoms with Gasteiger partial charge in [0.25, 0.3) is 0 Å². The highest BCUT2D eigenvalue weighted by Crippen LogP contribution is 2.52. The van der Waals surface area contributed by atoms with E-state index in [0.29, 0.717) is 4.90 Å². The summed E-state index contributed by atoms with van der Waals surface area (Å²) in [5.74, 6) is 0.968. The van der Waals surface area contributed by atoms with Gasteiger partial charge in [0.15, 0.2) is 9.84 Å². The summed E-state index contributed by atoms with van der Waals surface area (Å²) in [6, 6.07) is 7.27. The van der Waals surface area contributed by atoms with Gasteiger partial charge in [-0.05, 0) is 18.6 Å². The number of hydrogen-bond donors (Lipinski definition) is 1. The minimum absolute atomic E-state index is 0.00574. The molecule has 0 saturated carbocycles. The Bertz CT molecular complexity index is 544. The highest BCUT2D eigenvalue weighted by Gasteiger charge is 2.58. The first kappa shape index (κ1) is 11.6. The van der Waals surface area contributed by atoms with Crippen molar-refractivity contribution in [2.45, 2.75) is 16.4 Å². The summed E-state index contributed by atoms with van der Waals surface area (Å²) in [6.45, 7) is 3.55. The van der Waals surface area contributed by atoms with E-state index in [4.69, 9.17) is 0 Å². The molecular formula is C12H15NO2S2. The minimum atomic E-state index is -3.18. The van der Waals surface area contributed by atoms with Gasteiger partial charge >= 0.3 is 0 Å². The van der Waals surface area contributed by atoms with Crippen LogP contribution in [0.5, 0.6) is 0 Å². The van der Waals surface area contributed by atoms with Crippen molar-refractivity contribution in [1.29, 1.82) is 0 Å². The van der Waals surface area contributed by atoms with E-state index < -0.39 is 9.84 Å². The van der Waals surface area contributed by atoms with E-state index in [1.54, 1.807) is 23.9 Å². The van der Waals surface area contributed by atoms with Crippen LogP contribution < -0.4 is 5.32 Å². The first-order valence-electron chi connectivity index (χ1n) is 5.68. The third kappa shape index (κ3) is 1.56. The van der Waals surface area contributed by atoms with Crippen LogP contribution in [0.4, 0.5) is 0 Å². The van der Waals surface area contributed by atoms with Crippen molar-refractivity contribution in [2.75, 3.05) is 18.8 Å². The fourth-order valence-electron chi connectivity index (χ4n) is 2.51. The van der Waals surface area contributed by atoms with E-state index in [1.807, 2.05) is 19.1 Å². The summed E-state index contributed by atoms with van der Waals surface area (Å²) in [5.41, 5.74) is 0.855. The Balaban J connectivity index is 2.00. The Labute approximate surface area is 106 Å².